The number of hydrogen-bond acceptors (Lipinski definition) is 4. The van der Waals surface area contributed by atoms with Crippen molar-refractivity contribution in [3.8, 4) is 5.75 Å². The number of phenols is 1. The van der Waals surface area contributed by atoms with Crippen molar-refractivity contribution in [2.24, 2.45) is 0 Å². The molecule has 0 spiro atoms. The molecule has 20 heavy (non-hydrogen) atoms. The topological polar surface area (TPSA) is 89.9 Å². The van der Waals surface area contributed by atoms with Gasteiger partial charge >= 0.3 is 12.0 Å². The maximum Gasteiger partial charge on any atom is 0.337 e. The summed E-state index contributed by atoms with van der Waals surface area (Å²) in [4.78, 5) is 25.0. The second kappa shape index (κ2) is 6.04. The lowest BCUT2D eigenvalue weighted by molar-refractivity contribution is 0.0697. The number of carboxylic acid groups (broad SMARTS) is 1. The SMILES string of the molecule is CC1CSCCN1C(=O)Nc1ccc(O)cc1C(=O)O. The lowest BCUT2D eigenvalue weighted by Gasteiger charge is -2.33. The standard InChI is InChI=1S/C13H16N2O4S/c1-8-7-20-5-4-15(8)13(19)14-11-3-2-9(16)6-10(11)12(17)18/h2-3,6,8,16H,4-5,7H2,1H3,(H,14,19)(H,17,18). The quantitative estimate of drug-likeness (QED) is 0.727. The van der Waals surface area contributed by atoms with Crippen LogP contribution in [0.3, 0.4) is 0 Å². The Balaban J connectivity index is 2.17. The van der Waals surface area contributed by atoms with E-state index in [2.05, 4.69) is 5.32 Å². The number of nitrogens with zero attached hydrogens (tertiary/aromatic N) is 1. The first kappa shape index (κ1) is 14.5. The molecular weight excluding hydrogens is 280 g/mol. The fourth-order valence-electron chi connectivity index (χ4n) is 2.03. The highest BCUT2D eigenvalue weighted by Gasteiger charge is 2.24. The third kappa shape index (κ3) is 3.16. The van der Waals surface area contributed by atoms with Crippen molar-refractivity contribution in [3.05, 3.63) is 23.8 Å². The van der Waals surface area contributed by atoms with Crippen molar-refractivity contribution >= 4 is 29.4 Å². The number of nitrogens with one attached hydrogen (secondary N) is 1. The van der Waals surface area contributed by atoms with Gasteiger partial charge in [-0.2, -0.15) is 11.8 Å². The smallest absolute Gasteiger partial charge is 0.337 e. The first-order valence-electron chi connectivity index (χ1n) is 6.20. The predicted molar refractivity (Wildman–Crippen MR) is 77.6 cm³/mol. The molecule has 0 aromatic heterocycles. The molecule has 1 fully saturated rings. The lowest BCUT2D eigenvalue weighted by Crippen LogP contribution is -2.46. The number of thioether (sulfide) groups is 1. The Labute approximate surface area is 120 Å². The maximum atomic E-state index is 12.2. The molecule has 3 N–H and O–H groups in total. The summed E-state index contributed by atoms with van der Waals surface area (Å²) in [6.07, 6.45) is 0. The Morgan fingerprint density at radius 3 is 2.85 bits per heavy atom. The van der Waals surface area contributed by atoms with Crippen molar-refractivity contribution in [3.63, 3.8) is 0 Å². The Hall–Kier alpha value is -1.89. The van der Waals surface area contributed by atoms with Crippen LogP contribution in [0, 0.1) is 0 Å². The largest absolute Gasteiger partial charge is 0.508 e. The summed E-state index contributed by atoms with van der Waals surface area (Å²) in [5, 5.41) is 21.0. The zero-order valence-electron chi connectivity index (χ0n) is 11.0. The number of urea groups is 1. The fraction of sp³-hybridized carbons (Fsp3) is 0.385. The van der Waals surface area contributed by atoms with E-state index in [1.807, 2.05) is 6.92 Å². The zero-order chi connectivity index (χ0) is 14.7. The van der Waals surface area contributed by atoms with Gasteiger partial charge < -0.3 is 20.4 Å². The van der Waals surface area contributed by atoms with E-state index in [9.17, 15) is 14.7 Å². The molecule has 0 radical (unpaired) electrons. The van der Waals surface area contributed by atoms with E-state index in [0.717, 1.165) is 17.6 Å². The molecule has 1 aromatic rings. The van der Waals surface area contributed by atoms with Gasteiger partial charge in [0.2, 0.25) is 0 Å². The van der Waals surface area contributed by atoms with Gasteiger partial charge in [-0.3, -0.25) is 0 Å². The van der Waals surface area contributed by atoms with Crippen LogP contribution >= 0.6 is 11.8 Å². The van der Waals surface area contributed by atoms with Crippen LogP contribution in [0.15, 0.2) is 18.2 Å². The summed E-state index contributed by atoms with van der Waals surface area (Å²) in [6, 6.07) is 3.65. The molecule has 6 nitrogen and oxygen atoms in total. The van der Waals surface area contributed by atoms with Crippen molar-refractivity contribution in [1.82, 2.24) is 4.90 Å². The average Bonchev–Trinajstić information content (AvgIpc) is 2.41. The second-order valence-electron chi connectivity index (χ2n) is 4.58. The van der Waals surface area contributed by atoms with Gasteiger partial charge in [-0.25, -0.2) is 9.59 Å². The van der Waals surface area contributed by atoms with Gasteiger partial charge in [-0.05, 0) is 25.1 Å². The predicted octanol–water partition coefficient (Wildman–Crippen LogP) is 2.06. The Kier molecular flexibility index (Phi) is 4.39. The number of benzene rings is 1. The molecule has 7 heteroatoms. The molecule has 1 saturated heterocycles. The summed E-state index contributed by atoms with van der Waals surface area (Å²) in [5.74, 6) is 0.398. The van der Waals surface area contributed by atoms with Gasteiger partial charge in [-0.1, -0.05) is 0 Å². The van der Waals surface area contributed by atoms with E-state index < -0.39 is 5.97 Å². The number of carbonyl (C=O) groups excluding carboxylic acids is 1. The van der Waals surface area contributed by atoms with Crippen LogP contribution in [-0.2, 0) is 0 Å². The number of carbonyl (C=O) groups is 2. The Morgan fingerprint density at radius 1 is 1.45 bits per heavy atom. The molecule has 1 aliphatic heterocycles. The molecule has 2 rings (SSSR count). The summed E-state index contributed by atoms with van der Waals surface area (Å²) in [6.45, 7) is 2.60. The third-order valence-electron chi connectivity index (χ3n) is 3.10. The van der Waals surface area contributed by atoms with E-state index in [1.165, 1.54) is 12.1 Å². The number of anilines is 1. The van der Waals surface area contributed by atoms with Crippen LogP contribution < -0.4 is 5.32 Å². The molecule has 1 heterocycles. The van der Waals surface area contributed by atoms with E-state index in [4.69, 9.17) is 5.11 Å². The normalized spacial score (nSPS) is 18.6. The minimum atomic E-state index is -1.20. The van der Waals surface area contributed by atoms with E-state index in [-0.39, 0.29) is 29.1 Å². The number of amides is 2. The van der Waals surface area contributed by atoms with Crippen molar-refractivity contribution < 1.29 is 19.8 Å². The lowest BCUT2D eigenvalue weighted by atomic mass is 10.1. The van der Waals surface area contributed by atoms with Gasteiger partial charge in [0.15, 0.2) is 0 Å². The molecule has 0 aliphatic carbocycles. The fourth-order valence-corrected chi connectivity index (χ4v) is 3.05. The maximum absolute atomic E-state index is 12.2. The number of aromatic carboxylic acids is 1. The number of carboxylic acids is 1. The number of hydrogen-bond donors (Lipinski definition) is 3. The van der Waals surface area contributed by atoms with Gasteiger partial charge in [-0.15, -0.1) is 0 Å². The summed E-state index contributed by atoms with van der Waals surface area (Å²) in [7, 11) is 0. The highest BCUT2D eigenvalue weighted by molar-refractivity contribution is 7.99. The van der Waals surface area contributed by atoms with Gasteiger partial charge in [0.05, 0.1) is 11.3 Å². The second-order valence-corrected chi connectivity index (χ2v) is 5.73. The third-order valence-corrected chi connectivity index (χ3v) is 4.29. The molecule has 1 unspecified atom stereocenters. The van der Waals surface area contributed by atoms with Crippen molar-refractivity contribution in [2.45, 2.75) is 13.0 Å². The Morgan fingerprint density at radius 2 is 2.20 bits per heavy atom. The monoisotopic (exact) mass is 296 g/mol. The van der Waals surface area contributed by atoms with Gasteiger partial charge in [0, 0.05) is 24.1 Å². The first-order chi connectivity index (χ1) is 9.49. The van der Waals surface area contributed by atoms with E-state index >= 15 is 0 Å². The first-order valence-corrected chi connectivity index (χ1v) is 7.36. The minimum Gasteiger partial charge on any atom is -0.508 e. The van der Waals surface area contributed by atoms with Crippen LogP contribution in [0.2, 0.25) is 0 Å². The summed E-state index contributed by atoms with van der Waals surface area (Å²) in [5.41, 5.74) is 0.0584. The number of phenolic OH excluding ortho intramolecular Hbond substituents is 1. The van der Waals surface area contributed by atoms with Gasteiger partial charge in [0.25, 0.3) is 0 Å². The van der Waals surface area contributed by atoms with E-state index in [1.54, 1.807) is 16.7 Å². The molecule has 2 amide bonds. The van der Waals surface area contributed by atoms with Crippen molar-refractivity contribution in [1.29, 1.82) is 0 Å². The minimum absolute atomic E-state index is 0.110. The average molecular weight is 296 g/mol. The van der Waals surface area contributed by atoms with Crippen molar-refractivity contribution in [2.75, 3.05) is 23.4 Å². The van der Waals surface area contributed by atoms with Gasteiger partial charge in [0.1, 0.15) is 5.75 Å². The number of aromatic hydroxyl groups is 1. The summed E-state index contributed by atoms with van der Waals surface area (Å²) < 4.78 is 0. The molecule has 1 aromatic carbocycles. The number of rotatable bonds is 2. The van der Waals surface area contributed by atoms with Crippen LogP contribution in [-0.4, -0.2) is 51.2 Å². The molecule has 0 saturated carbocycles. The molecule has 108 valence electrons. The van der Waals surface area contributed by atoms with Crippen LogP contribution in [0.5, 0.6) is 5.75 Å². The molecule has 0 bridgehead atoms. The highest BCUT2D eigenvalue weighted by atomic mass is 32.2. The Bertz CT molecular complexity index is 535. The molecule has 1 aliphatic rings. The van der Waals surface area contributed by atoms with E-state index in [0.29, 0.717) is 6.54 Å². The highest BCUT2D eigenvalue weighted by Crippen LogP contribution is 2.23. The summed E-state index contributed by atoms with van der Waals surface area (Å²) >= 11 is 1.79. The molecular formula is C13H16N2O4S. The van der Waals surface area contributed by atoms with Crippen LogP contribution in [0.25, 0.3) is 0 Å². The van der Waals surface area contributed by atoms with Crippen LogP contribution in [0.4, 0.5) is 10.5 Å². The molecule has 1 atom stereocenters. The zero-order valence-corrected chi connectivity index (χ0v) is 11.8. The van der Waals surface area contributed by atoms with Crippen LogP contribution in [0.1, 0.15) is 17.3 Å².